The molecule has 0 heterocycles. The first-order valence-corrected chi connectivity index (χ1v) is 13.3. The van der Waals surface area contributed by atoms with Gasteiger partial charge in [-0.05, 0) is 85.0 Å². The number of benzene rings is 2. The number of hydrogen-bond acceptors (Lipinski definition) is 0. The molecule has 0 aliphatic heterocycles. The van der Waals surface area contributed by atoms with Gasteiger partial charge < -0.3 is 0 Å². The predicted octanol–water partition coefficient (Wildman–Crippen LogP) is 10.2. The summed E-state index contributed by atoms with van der Waals surface area (Å²) in [5.41, 5.74) is 5.02. The molecule has 1 unspecified atom stereocenters. The van der Waals surface area contributed by atoms with Crippen LogP contribution in [0.25, 0.3) is 16.7 Å². The van der Waals surface area contributed by atoms with E-state index in [1.54, 1.807) is 0 Å². The highest BCUT2D eigenvalue weighted by atomic mass is 35.5. The second kappa shape index (κ2) is 11.0. The van der Waals surface area contributed by atoms with E-state index in [2.05, 4.69) is 44.2 Å². The summed E-state index contributed by atoms with van der Waals surface area (Å²) in [5.74, 6) is 2.06. The lowest BCUT2D eigenvalue weighted by Crippen LogP contribution is -2.13. The first-order chi connectivity index (χ1) is 15.6. The molecular formula is C30H38ClF. The predicted molar refractivity (Wildman–Crippen MR) is 137 cm³/mol. The Bertz CT molecular complexity index is 919. The van der Waals surface area contributed by atoms with Crippen molar-refractivity contribution in [3.05, 3.63) is 64.4 Å². The van der Waals surface area contributed by atoms with Crippen molar-refractivity contribution >= 4 is 17.2 Å². The van der Waals surface area contributed by atoms with Crippen molar-refractivity contribution in [1.29, 1.82) is 0 Å². The van der Waals surface area contributed by atoms with Gasteiger partial charge in [0.1, 0.15) is 5.82 Å². The monoisotopic (exact) mass is 452 g/mol. The van der Waals surface area contributed by atoms with E-state index in [0.717, 1.165) is 35.8 Å². The minimum atomic E-state index is -0.284. The topological polar surface area (TPSA) is 0 Å². The van der Waals surface area contributed by atoms with Gasteiger partial charge in [-0.3, -0.25) is 0 Å². The summed E-state index contributed by atoms with van der Waals surface area (Å²) in [6.07, 6.45) is 16.0. The van der Waals surface area contributed by atoms with Gasteiger partial charge in [0, 0.05) is 5.56 Å². The lowest BCUT2D eigenvalue weighted by Gasteiger charge is -2.28. The molecule has 0 radical (unpaired) electrons. The summed E-state index contributed by atoms with van der Waals surface area (Å²) in [6.45, 7) is 4.53. The van der Waals surface area contributed by atoms with Gasteiger partial charge >= 0.3 is 0 Å². The molecule has 0 bridgehead atoms. The van der Waals surface area contributed by atoms with Gasteiger partial charge in [0.05, 0.1) is 5.02 Å². The van der Waals surface area contributed by atoms with Crippen molar-refractivity contribution in [2.24, 2.45) is 11.8 Å². The molecule has 0 N–H and O–H groups in total. The van der Waals surface area contributed by atoms with E-state index < -0.39 is 0 Å². The molecule has 2 aliphatic carbocycles. The first kappa shape index (κ1) is 23.6. The van der Waals surface area contributed by atoms with Crippen LogP contribution in [0.4, 0.5) is 4.39 Å². The fourth-order valence-electron chi connectivity index (χ4n) is 5.95. The van der Waals surface area contributed by atoms with Gasteiger partial charge in [-0.15, -0.1) is 0 Å². The Hall–Kier alpha value is -1.60. The van der Waals surface area contributed by atoms with Gasteiger partial charge in [0.15, 0.2) is 0 Å². The third-order valence-electron chi connectivity index (χ3n) is 7.88. The third-order valence-corrected chi connectivity index (χ3v) is 8.25. The van der Waals surface area contributed by atoms with Gasteiger partial charge in [-0.25, -0.2) is 4.39 Å². The average Bonchev–Trinajstić information content (AvgIpc) is 2.83. The molecule has 172 valence electrons. The highest BCUT2D eigenvalue weighted by molar-refractivity contribution is 6.32. The Morgan fingerprint density at radius 2 is 1.47 bits per heavy atom. The number of halogens is 2. The largest absolute Gasteiger partial charge is 0.205 e. The molecule has 1 saturated carbocycles. The van der Waals surface area contributed by atoms with E-state index in [-0.39, 0.29) is 10.8 Å². The van der Waals surface area contributed by atoms with E-state index in [1.807, 2.05) is 12.1 Å². The number of allylic oxidation sites excluding steroid dienone is 2. The molecule has 1 atom stereocenters. The van der Waals surface area contributed by atoms with Gasteiger partial charge in [-0.1, -0.05) is 93.6 Å². The molecule has 0 saturated heterocycles. The van der Waals surface area contributed by atoms with Crippen molar-refractivity contribution in [3.8, 4) is 11.1 Å². The molecule has 0 spiro atoms. The molecule has 2 aromatic rings. The maximum absolute atomic E-state index is 15.3. The zero-order valence-electron chi connectivity index (χ0n) is 19.8. The lowest BCUT2D eigenvalue weighted by atomic mass is 9.77. The summed E-state index contributed by atoms with van der Waals surface area (Å²) >= 11 is 6.56. The molecule has 2 aromatic carbocycles. The first-order valence-electron chi connectivity index (χ1n) is 12.9. The molecule has 0 aromatic heterocycles. The van der Waals surface area contributed by atoms with Crippen LogP contribution in [0.5, 0.6) is 0 Å². The van der Waals surface area contributed by atoms with Crippen LogP contribution in [-0.4, -0.2) is 0 Å². The Labute approximate surface area is 199 Å². The van der Waals surface area contributed by atoms with Crippen LogP contribution in [-0.2, 0) is 0 Å². The van der Waals surface area contributed by atoms with Gasteiger partial charge in [-0.2, -0.15) is 0 Å². The molecule has 1 fully saturated rings. The van der Waals surface area contributed by atoms with Crippen molar-refractivity contribution < 1.29 is 4.39 Å². The van der Waals surface area contributed by atoms with Crippen LogP contribution in [0.2, 0.25) is 5.02 Å². The second-order valence-corrected chi connectivity index (χ2v) is 10.5. The Kier molecular flexibility index (Phi) is 8.11. The zero-order chi connectivity index (χ0) is 22.5. The summed E-state index contributed by atoms with van der Waals surface area (Å²) in [4.78, 5) is 0. The van der Waals surface area contributed by atoms with Crippen molar-refractivity contribution in [1.82, 2.24) is 0 Å². The molecule has 2 heteroatoms. The van der Waals surface area contributed by atoms with Crippen molar-refractivity contribution in [2.75, 3.05) is 0 Å². The Morgan fingerprint density at radius 1 is 0.812 bits per heavy atom. The van der Waals surface area contributed by atoms with Crippen LogP contribution in [0.15, 0.2) is 42.5 Å². The number of hydrogen-bond donors (Lipinski definition) is 0. The number of rotatable bonds is 7. The van der Waals surface area contributed by atoms with Crippen LogP contribution in [0, 0.1) is 17.7 Å². The normalized spacial score (nSPS) is 23.8. The Balaban J connectivity index is 1.47. The van der Waals surface area contributed by atoms with E-state index >= 15 is 4.39 Å². The van der Waals surface area contributed by atoms with Gasteiger partial charge in [0.2, 0.25) is 0 Å². The minimum absolute atomic E-state index is 0.279. The van der Waals surface area contributed by atoms with Crippen LogP contribution >= 0.6 is 11.6 Å². The van der Waals surface area contributed by atoms with Crippen LogP contribution in [0.1, 0.15) is 102 Å². The molecule has 0 amide bonds. The third kappa shape index (κ3) is 5.30. The van der Waals surface area contributed by atoms with Crippen molar-refractivity contribution in [3.63, 3.8) is 0 Å². The quantitative estimate of drug-likeness (QED) is 0.391. The fourth-order valence-corrected chi connectivity index (χ4v) is 6.24. The SMILES string of the molecule is CCCC1CC=C(c2ccc(-c3ccc(C4CCC(CCC)CC4)cc3)c(F)c2Cl)CC1. The van der Waals surface area contributed by atoms with E-state index in [0.29, 0.717) is 11.5 Å². The molecule has 32 heavy (non-hydrogen) atoms. The minimum Gasteiger partial charge on any atom is -0.205 e. The average molecular weight is 453 g/mol. The molecule has 2 aliphatic rings. The van der Waals surface area contributed by atoms with Gasteiger partial charge in [0.25, 0.3) is 0 Å². The van der Waals surface area contributed by atoms with Crippen molar-refractivity contribution in [2.45, 2.75) is 90.4 Å². The van der Waals surface area contributed by atoms with E-state index in [4.69, 9.17) is 11.6 Å². The second-order valence-electron chi connectivity index (χ2n) is 10.1. The lowest BCUT2D eigenvalue weighted by molar-refractivity contribution is 0.308. The highest BCUT2D eigenvalue weighted by Gasteiger charge is 2.23. The van der Waals surface area contributed by atoms with Crippen LogP contribution in [0.3, 0.4) is 0 Å². The summed E-state index contributed by atoms with van der Waals surface area (Å²) in [6, 6.07) is 12.5. The summed E-state index contributed by atoms with van der Waals surface area (Å²) < 4.78 is 15.3. The maximum atomic E-state index is 15.3. The molecule has 0 nitrogen and oxygen atoms in total. The van der Waals surface area contributed by atoms with Crippen LogP contribution < -0.4 is 0 Å². The summed E-state index contributed by atoms with van der Waals surface area (Å²) in [5, 5.41) is 0.279. The Morgan fingerprint density at radius 3 is 2.09 bits per heavy atom. The van der Waals surface area contributed by atoms with E-state index in [9.17, 15) is 0 Å². The fraction of sp³-hybridized carbons (Fsp3) is 0.533. The maximum Gasteiger partial charge on any atom is 0.150 e. The van der Waals surface area contributed by atoms with E-state index in [1.165, 1.54) is 68.9 Å². The standard InChI is InChI=1S/C30H38ClF/c1-3-5-21-7-11-23(12-8-21)24-15-17-26(18-16-24)28-20-19-27(29(31)30(28)32)25-13-9-22(6-4-2)10-14-25/h13,15-23H,3-12,14H2,1-2H3. The highest BCUT2D eigenvalue weighted by Crippen LogP contribution is 2.40. The molecular weight excluding hydrogens is 415 g/mol. The smallest absolute Gasteiger partial charge is 0.150 e. The zero-order valence-corrected chi connectivity index (χ0v) is 20.6. The summed E-state index contributed by atoms with van der Waals surface area (Å²) in [7, 11) is 0. The molecule has 4 rings (SSSR count).